The van der Waals surface area contributed by atoms with Crippen LogP contribution in [0, 0.1) is 39.3 Å². The van der Waals surface area contributed by atoms with Gasteiger partial charge in [-0.2, -0.15) is 0 Å². The van der Waals surface area contributed by atoms with Crippen molar-refractivity contribution in [2.75, 3.05) is 7.11 Å². The van der Waals surface area contributed by atoms with Crippen LogP contribution >= 0.6 is 15.9 Å². The van der Waals surface area contributed by atoms with Crippen LogP contribution < -0.4 is 0 Å². The molecule has 0 unspecified atom stereocenters. The number of carbonyl (C=O) groups excluding carboxylic acids is 1. The lowest BCUT2D eigenvalue weighted by Crippen LogP contribution is -2.31. The van der Waals surface area contributed by atoms with Crippen molar-refractivity contribution in [3.05, 3.63) is 159 Å². The van der Waals surface area contributed by atoms with Gasteiger partial charge < -0.3 is 28.9 Å². The van der Waals surface area contributed by atoms with Crippen molar-refractivity contribution in [1.82, 2.24) is 45.2 Å². The van der Waals surface area contributed by atoms with E-state index in [1.807, 2.05) is 18.2 Å². The SMILES string of the molecule is Brc1ccccn1.COC(=O)c1cc(-c2c(C)noc2C)c(F)c2nc(C3CC3)[nH]c12.Cc1noc(C)c1-c1cc(C(O)(c2ccccn2)c2ccccn2)c2nc(C3CC3)[nH]c2c1F. The molecule has 9 aromatic rings. The summed E-state index contributed by atoms with van der Waals surface area (Å²) in [5.41, 5.74) is 3.42. The molecule has 11 rings (SSSR count). The van der Waals surface area contributed by atoms with Gasteiger partial charge >= 0.3 is 5.97 Å². The zero-order valence-electron chi connectivity index (χ0n) is 35.9. The molecule has 2 aromatic carbocycles. The Balaban J connectivity index is 0.000000149. The van der Waals surface area contributed by atoms with Crippen molar-refractivity contribution >= 4 is 44.0 Å². The molecule has 7 aromatic heterocycles. The number of aromatic amines is 2. The smallest absolute Gasteiger partial charge is 0.340 e. The van der Waals surface area contributed by atoms with E-state index >= 15 is 8.78 Å². The Bertz CT molecular complexity index is 3100. The van der Waals surface area contributed by atoms with E-state index in [1.165, 1.54) is 13.2 Å². The van der Waals surface area contributed by atoms with Crippen LogP contribution in [0.2, 0.25) is 0 Å². The Hall–Kier alpha value is -6.98. The van der Waals surface area contributed by atoms with Gasteiger partial charge in [-0.05, 0) is 118 Å². The number of esters is 1. The number of aromatic nitrogens is 9. The van der Waals surface area contributed by atoms with E-state index in [0.29, 0.717) is 73.8 Å². The molecule has 17 heteroatoms. The fourth-order valence-electron chi connectivity index (χ4n) is 7.96. The summed E-state index contributed by atoms with van der Waals surface area (Å²) in [5.74, 6) is 1.48. The number of benzene rings is 2. The highest BCUT2D eigenvalue weighted by Crippen LogP contribution is 2.46. The summed E-state index contributed by atoms with van der Waals surface area (Å²) >= 11 is 3.20. The van der Waals surface area contributed by atoms with Gasteiger partial charge in [-0.25, -0.2) is 28.5 Å². The number of pyridine rings is 3. The fraction of sp³-hybridized carbons (Fsp3) is 0.250. The molecule has 65 heavy (non-hydrogen) atoms. The lowest BCUT2D eigenvalue weighted by Gasteiger charge is -2.28. The second-order valence-electron chi connectivity index (χ2n) is 16.0. The molecular weight excluding hydrogens is 900 g/mol. The van der Waals surface area contributed by atoms with Crippen LogP contribution in [0.4, 0.5) is 8.78 Å². The second-order valence-corrected chi connectivity index (χ2v) is 16.8. The van der Waals surface area contributed by atoms with Gasteiger partial charge in [0.05, 0.1) is 57.6 Å². The molecule has 2 fully saturated rings. The van der Waals surface area contributed by atoms with E-state index in [9.17, 15) is 9.90 Å². The molecule has 0 saturated heterocycles. The normalized spacial score (nSPS) is 13.6. The van der Waals surface area contributed by atoms with Crippen molar-refractivity contribution in [3.8, 4) is 22.3 Å². The lowest BCUT2D eigenvalue weighted by molar-refractivity contribution is 0.0602. The maximum Gasteiger partial charge on any atom is 0.340 e. The summed E-state index contributed by atoms with van der Waals surface area (Å²) in [6, 6.07) is 19.4. The summed E-state index contributed by atoms with van der Waals surface area (Å²) in [5, 5.41) is 20.3. The van der Waals surface area contributed by atoms with Gasteiger partial charge in [0.15, 0.2) is 17.2 Å². The minimum Gasteiger partial charge on any atom is -0.465 e. The first-order valence-electron chi connectivity index (χ1n) is 20.9. The van der Waals surface area contributed by atoms with Crippen LogP contribution in [0.15, 0.2) is 99.0 Å². The largest absolute Gasteiger partial charge is 0.465 e. The highest BCUT2D eigenvalue weighted by Gasteiger charge is 2.41. The topological polar surface area (TPSA) is 195 Å². The minimum atomic E-state index is -1.78. The molecule has 2 aliphatic carbocycles. The molecule has 0 amide bonds. The van der Waals surface area contributed by atoms with Crippen LogP contribution in [0.3, 0.4) is 0 Å². The average Bonchev–Trinajstić information content (AvgIpc) is 4.21. The Morgan fingerprint density at radius 1 is 0.723 bits per heavy atom. The van der Waals surface area contributed by atoms with Crippen molar-refractivity contribution in [2.45, 2.75) is 70.8 Å². The number of methoxy groups -OCH3 is 1. The van der Waals surface area contributed by atoms with E-state index in [-0.39, 0.29) is 33.6 Å². The predicted octanol–water partition coefficient (Wildman–Crippen LogP) is 10.4. The highest BCUT2D eigenvalue weighted by atomic mass is 79.9. The van der Waals surface area contributed by atoms with Crippen LogP contribution in [0.25, 0.3) is 44.3 Å². The summed E-state index contributed by atoms with van der Waals surface area (Å²) in [7, 11) is 1.30. The molecule has 0 aliphatic heterocycles. The van der Waals surface area contributed by atoms with Crippen molar-refractivity contribution in [3.63, 3.8) is 0 Å². The van der Waals surface area contributed by atoms with Gasteiger partial charge in [0.2, 0.25) is 0 Å². The lowest BCUT2D eigenvalue weighted by atomic mass is 9.83. The van der Waals surface area contributed by atoms with Crippen LogP contribution in [-0.2, 0) is 10.3 Å². The maximum atomic E-state index is 16.0. The van der Waals surface area contributed by atoms with Gasteiger partial charge in [0.25, 0.3) is 0 Å². The highest BCUT2D eigenvalue weighted by molar-refractivity contribution is 9.10. The molecule has 7 heterocycles. The number of rotatable bonds is 8. The van der Waals surface area contributed by atoms with Crippen LogP contribution in [0.5, 0.6) is 0 Å². The Morgan fingerprint density at radius 2 is 1.23 bits per heavy atom. The monoisotopic (exact) mass is 941 g/mol. The number of halogens is 3. The standard InChI is InChI=1S/C26H22FN5O2.C17H16FN3O3.C5H4BrN/c1-14-21(15(2)34-32-14)17-13-18(23-24(22(17)27)31-25(30-23)16-9-10-16)26(33,19-7-3-5-11-28-19)20-8-4-6-12-29-20;1-7-12(8(2)24-21-7)10-6-11(17(22)23-3)14-15(13(10)18)20-16(19-14)9-4-5-9;6-5-3-1-2-4-7-5/h3-8,11-13,16,33H,9-10H2,1-2H3,(H,30,31);6,9H,4-5H2,1-3H3,(H,19,20);1-4H. The van der Waals surface area contributed by atoms with Gasteiger partial charge in [0.1, 0.15) is 38.8 Å². The van der Waals surface area contributed by atoms with Crippen molar-refractivity contribution in [2.24, 2.45) is 0 Å². The van der Waals surface area contributed by atoms with E-state index in [0.717, 1.165) is 36.1 Å². The van der Waals surface area contributed by atoms with Crippen LogP contribution in [-0.4, -0.2) is 63.4 Å². The van der Waals surface area contributed by atoms with Gasteiger partial charge in [-0.3, -0.25) is 9.97 Å². The van der Waals surface area contributed by atoms with Gasteiger partial charge in [-0.15, -0.1) is 0 Å². The Kier molecular flexibility index (Phi) is 11.7. The number of aliphatic hydroxyl groups is 1. The molecule has 2 aliphatic rings. The van der Waals surface area contributed by atoms with Crippen molar-refractivity contribution < 1.29 is 32.5 Å². The summed E-state index contributed by atoms with van der Waals surface area (Å²) in [6.45, 7) is 6.94. The average molecular weight is 943 g/mol. The number of nitrogens with one attached hydrogen (secondary N) is 2. The molecule has 14 nitrogen and oxygen atoms in total. The zero-order chi connectivity index (χ0) is 45.6. The molecule has 330 valence electrons. The third-order valence-electron chi connectivity index (χ3n) is 11.5. The molecule has 0 radical (unpaired) electrons. The van der Waals surface area contributed by atoms with Crippen LogP contribution in [0.1, 0.15) is 99.4 Å². The number of fused-ring (bicyclic) bond motifs is 2. The number of imidazole rings is 2. The van der Waals surface area contributed by atoms with Gasteiger partial charge in [-0.1, -0.05) is 28.5 Å². The van der Waals surface area contributed by atoms with E-state index < -0.39 is 23.2 Å². The maximum absolute atomic E-state index is 16.0. The molecule has 3 N–H and O–H groups in total. The summed E-state index contributed by atoms with van der Waals surface area (Å²) < 4.78 is 47.4. The number of hydrogen-bond acceptors (Lipinski definition) is 12. The first kappa shape index (κ1) is 43.3. The number of hydrogen-bond donors (Lipinski definition) is 3. The summed E-state index contributed by atoms with van der Waals surface area (Å²) in [4.78, 5) is 40.5. The van der Waals surface area contributed by atoms with Crippen molar-refractivity contribution in [1.29, 1.82) is 0 Å². The fourth-order valence-corrected chi connectivity index (χ4v) is 8.23. The molecular formula is C48H42BrF2N9O5. The number of nitrogens with zero attached hydrogens (tertiary/aromatic N) is 7. The molecule has 0 spiro atoms. The second kappa shape index (κ2) is 17.5. The number of carbonyl (C=O) groups is 1. The number of ether oxygens (including phenoxy) is 1. The predicted molar refractivity (Wildman–Crippen MR) is 240 cm³/mol. The van der Waals surface area contributed by atoms with E-state index in [2.05, 4.69) is 56.1 Å². The van der Waals surface area contributed by atoms with E-state index in [1.54, 1.807) is 88.8 Å². The molecule has 0 bridgehead atoms. The first-order chi connectivity index (χ1) is 31.4. The molecule has 0 atom stereocenters. The first-order valence-corrected chi connectivity index (χ1v) is 21.7. The third-order valence-corrected chi connectivity index (χ3v) is 11.9. The Morgan fingerprint density at radius 3 is 1.66 bits per heavy atom. The molecule has 2 saturated carbocycles. The Labute approximate surface area is 379 Å². The van der Waals surface area contributed by atoms with E-state index in [4.69, 9.17) is 18.8 Å². The van der Waals surface area contributed by atoms with Gasteiger partial charge in [0, 0.05) is 47.1 Å². The number of aryl methyl sites for hydroxylation is 4. The quantitative estimate of drug-likeness (QED) is 0.0965. The zero-order valence-corrected chi connectivity index (χ0v) is 37.5. The minimum absolute atomic E-state index is 0.148. The number of H-pyrrole nitrogens is 2. The third kappa shape index (κ3) is 8.21. The summed E-state index contributed by atoms with van der Waals surface area (Å²) in [6.07, 6.45) is 9.00.